The summed E-state index contributed by atoms with van der Waals surface area (Å²) in [6.45, 7) is 2.16. The molecule has 0 atom stereocenters. The summed E-state index contributed by atoms with van der Waals surface area (Å²) >= 11 is 0. The Labute approximate surface area is 87.3 Å². The third-order valence-electron chi connectivity index (χ3n) is 2.10. The van der Waals surface area contributed by atoms with Crippen molar-refractivity contribution >= 4 is 17.0 Å². The smallest absolute Gasteiger partial charge is 0.220 e. The van der Waals surface area contributed by atoms with Gasteiger partial charge in [-0.2, -0.15) is 0 Å². The maximum absolute atomic E-state index is 11.0. The molecule has 0 bridgehead atoms. The van der Waals surface area contributed by atoms with E-state index in [0.29, 0.717) is 18.9 Å². The van der Waals surface area contributed by atoms with Crippen molar-refractivity contribution in [1.82, 2.24) is 10.3 Å². The minimum atomic E-state index is -0.00254. The molecule has 1 heterocycles. The fraction of sp³-hybridized carbons (Fsp3) is 0.273. The highest BCUT2D eigenvalue weighted by atomic mass is 16.3. The Bertz CT molecular complexity index is 443. The summed E-state index contributed by atoms with van der Waals surface area (Å²) < 4.78 is 5.44. The van der Waals surface area contributed by atoms with Gasteiger partial charge < -0.3 is 9.73 Å². The van der Waals surface area contributed by atoms with Gasteiger partial charge in [-0.05, 0) is 12.1 Å². The molecule has 1 N–H and O–H groups in total. The van der Waals surface area contributed by atoms with Crippen LogP contribution in [0.5, 0.6) is 0 Å². The quantitative estimate of drug-likeness (QED) is 0.830. The molecule has 2 rings (SSSR count). The highest BCUT2D eigenvalue weighted by Crippen LogP contribution is 2.14. The summed E-state index contributed by atoms with van der Waals surface area (Å²) in [5.74, 6) is 0.537. The molecule has 0 fully saturated rings. The van der Waals surface area contributed by atoms with Gasteiger partial charge in [0, 0.05) is 6.42 Å². The molecule has 1 aromatic heterocycles. The number of oxazole rings is 1. The first kappa shape index (κ1) is 9.71. The number of hydrogen-bond acceptors (Lipinski definition) is 3. The van der Waals surface area contributed by atoms with Crippen LogP contribution in [0.1, 0.15) is 19.2 Å². The lowest BCUT2D eigenvalue weighted by molar-refractivity contribution is -0.121. The molecule has 15 heavy (non-hydrogen) atoms. The Morgan fingerprint density at radius 2 is 2.27 bits per heavy atom. The van der Waals surface area contributed by atoms with Gasteiger partial charge in [0.2, 0.25) is 11.8 Å². The maximum atomic E-state index is 11.0. The summed E-state index contributed by atoms with van der Waals surface area (Å²) in [4.78, 5) is 15.3. The van der Waals surface area contributed by atoms with Crippen molar-refractivity contribution in [3.05, 3.63) is 30.2 Å². The Balaban J connectivity index is 2.12. The van der Waals surface area contributed by atoms with Crippen molar-refractivity contribution < 1.29 is 9.21 Å². The highest BCUT2D eigenvalue weighted by Gasteiger charge is 2.05. The first-order chi connectivity index (χ1) is 7.29. The van der Waals surface area contributed by atoms with Crippen molar-refractivity contribution in [1.29, 1.82) is 0 Å². The van der Waals surface area contributed by atoms with Crippen LogP contribution in [-0.2, 0) is 11.3 Å². The second-order valence-corrected chi connectivity index (χ2v) is 3.21. The molecule has 0 saturated carbocycles. The van der Waals surface area contributed by atoms with Crippen LogP contribution in [0.15, 0.2) is 28.7 Å². The van der Waals surface area contributed by atoms with Gasteiger partial charge in [0.1, 0.15) is 5.52 Å². The fourth-order valence-corrected chi connectivity index (χ4v) is 1.29. The number of aromatic nitrogens is 1. The number of nitrogens with one attached hydrogen (secondary N) is 1. The van der Waals surface area contributed by atoms with E-state index in [0.717, 1.165) is 11.1 Å². The van der Waals surface area contributed by atoms with Gasteiger partial charge in [0.05, 0.1) is 6.54 Å². The van der Waals surface area contributed by atoms with E-state index in [2.05, 4.69) is 10.3 Å². The summed E-state index contributed by atoms with van der Waals surface area (Å²) in [5.41, 5.74) is 1.57. The lowest BCUT2D eigenvalue weighted by Crippen LogP contribution is -2.21. The van der Waals surface area contributed by atoms with Gasteiger partial charge in [-0.25, -0.2) is 4.98 Å². The predicted octanol–water partition coefficient (Wildman–Crippen LogP) is 1.85. The first-order valence-corrected chi connectivity index (χ1v) is 4.90. The number of amides is 1. The second kappa shape index (κ2) is 4.13. The standard InChI is InChI=1S/C11H12N2O2/c1-2-10(14)12-7-11-13-8-5-3-4-6-9(8)15-11/h3-6H,2,7H2,1H3,(H,12,14). The van der Waals surface area contributed by atoms with Crippen LogP contribution >= 0.6 is 0 Å². The fourth-order valence-electron chi connectivity index (χ4n) is 1.29. The Morgan fingerprint density at radius 1 is 1.47 bits per heavy atom. The molecule has 0 spiro atoms. The molecule has 1 aromatic carbocycles. The van der Waals surface area contributed by atoms with Crippen molar-refractivity contribution in [2.24, 2.45) is 0 Å². The molecule has 0 unspecified atom stereocenters. The summed E-state index contributed by atoms with van der Waals surface area (Å²) in [6.07, 6.45) is 0.472. The van der Waals surface area contributed by atoms with Crippen LogP contribution in [0.2, 0.25) is 0 Å². The molecular formula is C11H12N2O2. The zero-order chi connectivity index (χ0) is 10.7. The van der Waals surface area contributed by atoms with Gasteiger partial charge in [0.15, 0.2) is 5.58 Å². The average Bonchev–Trinajstić information content (AvgIpc) is 2.68. The normalized spacial score (nSPS) is 10.5. The number of hydrogen-bond donors (Lipinski definition) is 1. The number of carbonyl (C=O) groups is 1. The number of rotatable bonds is 3. The third-order valence-corrected chi connectivity index (χ3v) is 2.10. The molecule has 0 aliphatic rings. The van der Waals surface area contributed by atoms with Crippen LogP contribution in [0.3, 0.4) is 0 Å². The SMILES string of the molecule is CCC(=O)NCc1nc2ccccc2o1. The number of carbonyl (C=O) groups excluding carboxylic acids is 1. The lowest BCUT2D eigenvalue weighted by Gasteiger charge is -1.97. The van der Waals surface area contributed by atoms with E-state index in [9.17, 15) is 4.79 Å². The predicted molar refractivity (Wildman–Crippen MR) is 56.1 cm³/mol. The van der Waals surface area contributed by atoms with Crippen LogP contribution < -0.4 is 5.32 Å². The molecule has 0 radical (unpaired) electrons. The van der Waals surface area contributed by atoms with Crippen LogP contribution in [-0.4, -0.2) is 10.9 Å². The summed E-state index contributed by atoms with van der Waals surface area (Å²) in [5, 5.41) is 2.71. The van der Waals surface area contributed by atoms with E-state index in [4.69, 9.17) is 4.42 Å². The van der Waals surface area contributed by atoms with E-state index in [1.165, 1.54) is 0 Å². The molecule has 4 nitrogen and oxygen atoms in total. The first-order valence-electron chi connectivity index (χ1n) is 4.90. The van der Waals surface area contributed by atoms with Gasteiger partial charge >= 0.3 is 0 Å². The monoisotopic (exact) mass is 204 g/mol. The van der Waals surface area contributed by atoms with Crippen LogP contribution in [0.25, 0.3) is 11.1 Å². The third kappa shape index (κ3) is 2.15. The molecular weight excluding hydrogens is 192 g/mol. The lowest BCUT2D eigenvalue weighted by atomic mass is 10.3. The van der Waals surface area contributed by atoms with Crippen molar-refractivity contribution in [3.63, 3.8) is 0 Å². The Kier molecular flexibility index (Phi) is 2.67. The molecule has 1 amide bonds. The second-order valence-electron chi connectivity index (χ2n) is 3.21. The Hall–Kier alpha value is -1.84. The minimum absolute atomic E-state index is 0.00254. The number of nitrogens with zero attached hydrogens (tertiary/aromatic N) is 1. The largest absolute Gasteiger partial charge is 0.439 e. The topological polar surface area (TPSA) is 55.1 Å². The van der Waals surface area contributed by atoms with Gasteiger partial charge in [-0.3, -0.25) is 4.79 Å². The van der Waals surface area contributed by atoms with E-state index in [1.54, 1.807) is 6.92 Å². The van der Waals surface area contributed by atoms with Crippen LogP contribution in [0, 0.1) is 0 Å². The molecule has 0 aliphatic heterocycles. The number of para-hydroxylation sites is 2. The van der Waals surface area contributed by atoms with Crippen molar-refractivity contribution in [2.75, 3.05) is 0 Å². The zero-order valence-corrected chi connectivity index (χ0v) is 8.49. The molecule has 0 aliphatic carbocycles. The number of benzene rings is 1. The molecule has 2 aromatic rings. The van der Waals surface area contributed by atoms with Gasteiger partial charge in [-0.1, -0.05) is 19.1 Å². The Morgan fingerprint density at radius 3 is 3.00 bits per heavy atom. The van der Waals surface area contributed by atoms with Gasteiger partial charge in [0.25, 0.3) is 0 Å². The van der Waals surface area contributed by atoms with E-state index >= 15 is 0 Å². The molecule has 78 valence electrons. The van der Waals surface area contributed by atoms with Crippen molar-refractivity contribution in [3.8, 4) is 0 Å². The van der Waals surface area contributed by atoms with E-state index < -0.39 is 0 Å². The van der Waals surface area contributed by atoms with E-state index in [1.807, 2.05) is 24.3 Å². The average molecular weight is 204 g/mol. The number of fused-ring (bicyclic) bond motifs is 1. The van der Waals surface area contributed by atoms with Crippen LogP contribution in [0.4, 0.5) is 0 Å². The molecule has 0 saturated heterocycles. The highest BCUT2D eigenvalue weighted by molar-refractivity contribution is 5.75. The van der Waals surface area contributed by atoms with Gasteiger partial charge in [-0.15, -0.1) is 0 Å². The molecule has 4 heteroatoms. The van der Waals surface area contributed by atoms with Crippen molar-refractivity contribution in [2.45, 2.75) is 19.9 Å². The summed E-state index contributed by atoms with van der Waals surface area (Å²) in [6, 6.07) is 7.53. The maximum Gasteiger partial charge on any atom is 0.220 e. The zero-order valence-electron chi connectivity index (χ0n) is 8.49. The van der Waals surface area contributed by atoms with E-state index in [-0.39, 0.29) is 5.91 Å². The summed E-state index contributed by atoms with van der Waals surface area (Å²) in [7, 11) is 0. The minimum Gasteiger partial charge on any atom is -0.439 e.